The highest BCUT2D eigenvalue weighted by molar-refractivity contribution is 7.85. The zero-order valence-corrected chi connectivity index (χ0v) is 45.8. The Labute approximate surface area is 446 Å². The van der Waals surface area contributed by atoms with Crippen molar-refractivity contribution in [2.75, 3.05) is 74.0 Å². The molecule has 2 unspecified atom stereocenters. The lowest BCUT2D eigenvalue weighted by molar-refractivity contribution is -0.445. The first kappa shape index (κ1) is 51.6. The third-order valence-electron chi connectivity index (χ3n) is 17.0. The molecule has 2 atom stereocenters. The number of unbranched alkanes of at least 4 members (excludes halogenated alkanes) is 7. The molecule has 1 saturated heterocycles. The summed E-state index contributed by atoms with van der Waals surface area (Å²) < 4.78 is 45.4. The maximum absolute atomic E-state index is 13.9. The van der Waals surface area contributed by atoms with Crippen LogP contribution in [0.25, 0.3) is 0 Å². The minimum Gasteiger partial charge on any atom is -0.744 e. The molecule has 4 aromatic rings. The van der Waals surface area contributed by atoms with Crippen LogP contribution >= 0.6 is 11.3 Å². The molecule has 3 amide bonds. The van der Waals surface area contributed by atoms with E-state index in [4.69, 9.17) is 4.74 Å². The van der Waals surface area contributed by atoms with E-state index in [0.717, 1.165) is 110 Å². The average molecular weight is 1050 g/mol. The molecule has 0 saturated carbocycles. The van der Waals surface area contributed by atoms with E-state index < -0.39 is 15.5 Å². The number of nitrogens with zero attached hydrogens (tertiary/aromatic N) is 5. The molecule has 0 bridgehead atoms. The van der Waals surface area contributed by atoms with Gasteiger partial charge in [0, 0.05) is 95.5 Å². The number of thiophene rings is 1. The summed E-state index contributed by atoms with van der Waals surface area (Å²) in [6.45, 7) is 18.1. The van der Waals surface area contributed by atoms with Gasteiger partial charge in [-0.15, -0.1) is 11.3 Å². The van der Waals surface area contributed by atoms with Gasteiger partial charge in [0.2, 0.25) is 17.5 Å². The Kier molecular flexibility index (Phi) is 14.1. The van der Waals surface area contributed by atoms with Crippen LogP contribution in [0.4, 0.5) is 28.4 Å². The number of allylic oxidation sites excluding steroid dienone is 1. The third kappa shape index (κ3) is 9.73. The van der Waals surface area contributed by atoms with Gasteiger partial charge < -0.3 is 29.7 Å². The monoisotopic (exact) mass is 1050 g/mol. The number of rotatable bonds is 16. The van der Waals surface area contributed by atoms with E-state index in [2.05, 4.69) is 81.9 Å². The molecule has 1 fully saturated rings. The van der Waals surface area contributed by atoms with E-state index in [1.165, 1.54) is 78.4 Å². The first-order valence-corrected chi connectivity index (χ1v) is 29.6. The zero-order valence-electron chi connectivity index (χ0n) is 44.1. The fourth-order valence-corrected chi connectivity index (χ4v) is 14.6. The molecule has 1 aromatic heterocycles. The van der Waals surface area contributed by atoms with Crippen molar-refractivity contribution in [1.82, 2.24) is 15.1 Å². The summed E-state index contributed by atoms with van der Waals surface area (Å²) in [6.07, 6.45) is 13.7. The standard InChI is InChI=1S/C59H71N7O7S2/c1-38-54-43(37-74-38)57(69)61-46-16-12-13-17-49(46)66(54)53(68)36-63-30-28-62(29-31-63)25-15-11-9-7-6-8-10-14-24-60-52(67)33-39-18-20-47-44(32-39)58(2,3)55-41-35-42-51(73-50(41)22-26-64(47)55)23-27-65-48-21-19-40(75(70,71)72)34-45(48)59(4,5)56(42)65/h12-13,16-21,32,34-35,37,50-51H,6-11,14-15,22-31,33,36H2,1-5H3,(H2-,60,61,67,69,70,71,72). The van der Waals surface area contributed by atoms with E-state index in [0.29, 0.717) is 36.4 Å². The van der Waals surface area contributed by atoms with Crippen LogP contribution < -0.4 is 20.4 Å². The van der Waals surface area contributed by atoms with Crippen molar-refractivity contribution in [2.24, 2.45) is 0 Å². The summed E-state index contributed by atoms with van der Waals surface area (Å²) in [5, 5.41) is 8.03. The number of nitrogens with one attached hydrogen (secondary N) is 2. The number of anilines is 4. The van der Waals surface area contributed by atoms with Gasteiger partial charge in [0.05, 0.1) is 58.1 Å². The third-order valence-corrected chi connectivity index (χ3v) is 18.8. The Morgan fingerprint density at radius 3 is 2.35 bits per heavy atom. The van der Waals surface area contributed by atoms with Crippen molar-refractivity contribution in [3.8, 4) is 0 Å². The molecular formula is C59H71N7O7S2. The van der Waals surface area contributed by atoms with Crippen molar-refractivity contribution in [3.63, 3.8) is 0 Å². The van der Waals surface area contributed by atoms with Gasteiger partial charge in [-0.05, 0) is 94.1 Å². The molecule has 2 N–H and O–H groups in total. The van der Waals surface area contributed by atoms with Gasteiger partial charge in [0.15, 0.2) is 12.3 Å². The van der Waals surface area contributed by atoms with Crippen molar-refractivity contribution in [1.29, 1.82) is 0 Å². The largest absolute Gasteiger partial charge is 0.744 e. The molecule has 0 radical (unpaired) electrons. The summed E-state index contributed by atoms with van der Waals surface area (Å²) in [7, 11) is -4.60. The van der Waals surface area contributed by atoms with E-state index >= 15 is 0 Å². The lowest BCUT2D eigenvalue weighted by atomic mass is 9.74. The van der Waals surface area contributed by atoms with E-state index in [1.807, 2.05) is 36.6 Å². The molecule has 16 heteroatoms. The zero-order chi connectivity index (χ0) is 52.4. The van der Waals surface area contributed by atoms with Crippen molar-refractivity contribution in [2.45, 2.75) is 133 Å². The predicted molar refractivity (Wildman–Crippen MR) is 294 cm³/mol. The number of para-hydroxylation sites is 2. The first-order chi connectivity index (χ1) is 36.0. The molecule has 7 aliphatic rings. The second kappa shape index (κ2) is 20.5. The van der Waals surface area contributed by atoms with Crippen LogP contribution in [0.5, 0.6) is 0 Å². The quantitative estimate of drug-likeness (QED) is 0.0630. The normalized spacial score (nSPS) is 21.5. The Morgan fingerprint density at radius 1 is 0.840 bits per heavy atom. The molecule has 3 aromatic carbocycles. The molecule has 8 heterocycles. The van der Waals surface area contributed by atoms with Gasteiger partial charge in [-0.25, -0.2) is 8.42 Å². The number of hydrogen-bond acceptors (Lipinski definition) is 11. The highest BCUT2D eigenvalue weighted by Crippen LogP contribution is 2.54. The summed E-state index contributed by atoms with van der Waals surface area (Å²) in [6, 6.07) is 18.9. The van der Waals surface area contributed by atoms with E-state index in [9.17, 15) is 27.4 Å². The number of carbonyl (C=O) groups is 3. The second-order valence-corrected chi connectivity index (χ2v) is 25.2. The first-order valence-electron chi connectivity index (χ1n) is 27.3. The molecule has 0 spiro atoms. The van der Waals surface area contributed by atoms with Gasteiger partial charge >= 0.3 is 0 Å². The number of piperazine rings is 1. The number of carbonyl (C=O) groups excluding carboxylic acids is 3. The highest BCUT2D eigenvalue weighted by atomic mass is 32.2. The molecule has 7 aliphatic heterocycles. The number of fused-ring (bicyclic) bond motifs is 10. The van der Waals surface area contributed by atoms with Crippen LogP contribution in [0, 0.1) is 6.92 Å². The Bertz CT molecular complexity index is 3160. The van der Waals surface area contributed by atoms with Crippen molar-refractivity contribution in [3.05, 3.63) is 116 Å². The molecule has 11 rings (SSSR count). The summed E-state index contributed by atoms with van der Waals surface area (Å²) in [4.78, 5) is 49.9. The Hall–Kier alpha value is -5.49. The topological polar surface area (TPSA) is 158 Å². The van der Waals surface area contributed by atoms with Gasteiger partial charge in [-0.3, -0.25) is 24.2 Å². The fraction of sp³-hybridized carbons (Fsp3) is 0.492. The van der Waals surface area contributed by atoms with Crippen LogP contribution in [0.1, 0.15) is 124 Å². The van der Waals surface area contributed by atoms with Crippen molar-refractivity contribution < 1.29 is 36.7 Å². The van der Waals surface area contributed by atoms with Crippen LogP contribution in [0.15, 0.2) is 93.9 Å². The molecule has 14 nitrogen and oxygen atoms in total. The molecule has 75 heavy (non-hydrogen) atoms. The SMILES string of the molecule is Cc1scc2c1N(C(=O)CN1CCN(CCCCCCCCCCNC(=O)Cc3ccc4c(c3)C(C)(C)C3=C5C=C6C7=[N+](CCC6OC5CCN34)c3ccc(S(=O)(=O)[O-])cc3C7(C)C)CC1)c1ccccc1NC2=O. The smallest absolute Gasteiger partial charge is 0.258 e. The summed E-state index contributed by atoms with van der Waals surface area (Å²) >= 11 is 1.50. The molecule has 396 valence electrons. The fourth-order valence-electron chi connectivity index (χ4n) is 13.2. The van der Waals surface area contributed by atoms with E-state index in [1.54, 1.807) is 17.0 Å². The van der Waals surface area contributed by atoms with Crippen LogP contribution in [-0.4, -0.2) is 122 Å². The lowest BCUT2D eigenvalue weighted by Crippen LogP contribution is -2.49. The van der Waals surface area contributed by atoms with Gasteiger partial charge in [-0.2, -0.15) is 4.58 Å². The van der Waals surface area contributed by atoms with Gasteiger partial charge in [0.25, 0.3) is 5.91 Å². The predicted octanol–water partition coefficient (Wildman–Crippen LogP) is 9.22. The lowest BCUT2D eigenvalue weighted by Gasteiger charge is -2.42. The molecule has 0 aliphatic carbocycles. The molecular weight excluding hydrogens is 983 g/mol. The number of benzene rings is 3. The van der Waals surface area contributed by atoms with Crippen LogP contribution in [-0.2, 0) is 41.7 Å². The Balaban J connectivity index is 0.600. The number of ether oxygens (including phenoxy) is 1. The van der Waals surface area contributed by atoms with Crippen LogP contribution in [0.2, 0.25) is 0 Å². The maximum Gasteiger partial charge on any atom is 0.258 e. The average Bonchev–Trinajstić information content (AvgIpc) is 4.05. The van der Waals surface area contributed by atoms with E-state index in [-0.39, 0.29) is 40.2 Å². The summed E-state index contributed by atoms with van der Waals surface area (Å²) in [5.74, 6) is -0.135. The number of aryl methyl sites for hydroxylation is 1. The maximum atomic E-state index is 13.9. The van der Waals surface area contributed by atoms with Crippen molar-refractivity contribution >= 4 is 73.3 Å². The van der Waals surface area contributed by atoms with Gasteiger partial charge in [-0.1, -0.05) is 76.6 Å². The minimum atomic E-state index is -4.60. The highest BCUT2D eigenvalue weighted by Gasteiger charge is 2.54. The van der Waals surface area contributed by atoms with Crippen LogP contribution in [0.3, 0.4) is 0 Å². The number of amides is 3. The second-order valence-electron chi connectivity index (χ2n) is 22.7. The number of hydrogen-bond donors (Lipinski definition) is 2. The summed E-state index contributed by atoms with van der Waals surface area (Å²) in [5.41, 5.74) is 11.7. The minimum absolute atomic E-state index is 0.0129. The van der Waals surface area contributed by atoms with Gasteiger partial charge in [0.1, 0.15) is 10.1 Å². The Morgan fingerprint density at radius 2 is 1.57 bits per heavy atom.